The van der Waals surface area contributed by atoms with Crippen molar-refractivity contribution in [3.63, 3.8) is 0 Å². The summed E-state index contributed by atoms with van der Waals surface area (Å²) in [5, 5.41) is 12.4. The summed E-state index contributed by atoms with van der Waals surface area (Å²) in [6.07, 6.45) is -0.132. The number of halogens is 3. The van der Waals surface area contributed by atoms with Gasteiger partial charge in [0.05, 0.1) is 5.02 Å². The van der Waals surface area contributed by atoms with E-state index in [1.165, 1.54) is 4.90 Å². The topological polar surface area (TPSA) is 69.6 Å². The van der Waals surface area contributed by atoms with E-state index in [2.05, 4.69) is 5.32 Å². The van der Waals surface area contributed by atoms with Crippen molar-refractivity contribution in [1.29, 1.82) is 0 Å². The smallest absolute Gasteiger partial charge is 0.268 e. The van der Waals surface area contributed by atoms with Gasteiger partial charge in [0, 0.05) is 30.8 Å². The lowest BCUT2D eigenvalue weighted by atomic mass is 10.0. The minimum Gasteiger partial charge on any atom is -0.372 e. The molecule has 1 aliphatic heterocycles. The number of benzene rings is 2. The number of aliphatic hydroxyl groups is 1. The third kappa shape index (κ3) is 3.15. The maximum atomic E-state index is 13.9. The molecule has 2 aromatic carbocycles. The molecule has 0 aromatic heterocycles. The van der Waals surface area contributed by atoms with E-state index < -0.39 is 41.2 Å². The van der Waals surface area contributed by atoms with Crippen LogP contribution < -0.4 is 10.2 Å². The number of hydrogen-bond donors (Lipinski definition) is 2. The largest absolute Gasteiger partial charge is 0.372 e. The van der Waals surface area contributed by atoms with Crippen LogP contribution in [0.15, 0.2) is 42.5 Å². The van der Waals surface area contributed by atoms with Crippen molar-refractivity contribution in [2.45, 2.75) is 18.6 Å². The van der Waals surface area contributed by atoms with Crippen molar-refractivity contribution in [1.82, 2.24) is 5.32 Å². The van der Waals surface area contributed by atoms with Gasteiger partial charge in [-0.1, -0.05) is 29.8 Å². The zero-order chi connectivity index (χ0) is 18.9. The van der Waals surface area contributed by atoms with Gasteiger partial charge in [0.15, 0.2) is 0 Å². The molecule has 26 heavy (non-hydrogen) atoms. The molecule has 0 aliphatic carbocycles. The maximum Gasteiger partial charge on any atom is 0.268 e. The summed E-state index contributed by atoms with van der Waals surface area (Å²) in [6, 6.07) is 10.6. The Morgan fingerprint density at radius 2 is 1.92 bits per heavy atom. The van der Waals surface area contributed by atoms with E-state index in [4.69, 9.17) is 11.6 Å². The van der Waals surface area contributed by atoms with Crippen LogP contribution in [0.25, 0.3) is 0 Å². The minimum atomic E-state index is -2.29. The second kappa shape index (κ2) is 7.01. The highest BCUT2D eigenvalue weighted by Crippen LogP contribution is 2.29. The Morgan fingerprint density at radius 3 is 2.62 bits per heavy atom. The number of amides is 2. The number of nitrogens with zero attached hydrogens (tertiary/aromatic N) is 1. The average molecular weight is 381 g/mol. The highest BCUT2D eigenvalue weighted by molar-refractivity contribution is 6.30. The Balaban J connectivity index is 1.74. The molecule has 136 valence electrons. The highest BCUT2D eigenvalue weighted by Gasteiger charge is 2.51. The first kappa shape index (κ1) is 18.3. The molecule has 1 atom stereocenters. The summed E-state index contributed by atoms with van der Waals surface area (Å²) < 4.78 is 27.6. The number of carbonyl (C=O) groups excluding carboxylic acids is 2. The first-order valence-electron chi connectivity index (χ1n) is 7.84. The van der Waals surface area contributed by atoms with Gasteiger partial charge in [0.2, 0.25) is 5.60 Å². The predicted octanol–water partition coefficient (Wildman–Crippen LogP) is 2.40. The van der Waals surface area contributed by atoms with Crippen LogP contribution in [0.3, 0.4) is 0 Å². The molecule has 1 fully saturated rings. The second-order valence-electron chi connectivity index (χ2n) is 5.91. The molecule has 8 heteroatoms. The van der Waals surface area contributed by atoms with Crippen LogP contribution in [0.2, 0.25) is 5.02 Å². The highest BCUT2D eigenvalue weighted by atomic mass is 35.5. The zero-order valence-corrected chi connectivity index (χ0v) is 14.3. The van der Waals surface area contributed by atoms with Gasteiger partial charge < -0.3 is 15.3 Å². The van der Waals surface area contributed by atoms with Gasteiger partial charge in [0.1, 0.15) is 11.6 Å². The van der Waals surface area contributed by atoms with Crippen LogP contribution in [-0.2, 0) is 16.1 Å². The van der Waals surface area contributed by atoms with Crippen LogP contribution in [0.4, 0.5) is 14.5 Å². The Labute approximate surface area is 153 Å². The van der Waals surface area contributed by atoms with Crippen LogP contribution in [0.1, 0.15) is 12.0 Å². The molecule has 0 saturated carbocycles. The molecule has 0 spiro atoms. The van der Waals surface area contributed by atoms with Crippen molar-refractivity contribution in [3.05, 3.63) is 64.7 Å². The summed E-state index contributed by atoms with van der Waals surface area (Å²) in [5.41, 5.74) is -2.19. The number of anilines is 1. The molecular formula is C18H15ClF2N2O3. The average Bonchev–Trinajstić information content (AvgIpc) is 2.95. The number of nitrogens with one attached hydrogen (secondary N) is 1. The first-order chi connectivity index (χ1) is 12.3. The van der Waals surface area contributed by atoms with E-state index in [0.29, 0.717) is 5.69 Å². The van der Waals surface area contributed by atoms with Gasteiger partial charge >= 0.3 is 0 Å². The molecule has 1 unspecified atom stereocenters. The summed E-state index contributed by atoms with van der Waals surface area (Å²) in [4.78, 5) is 26.2. The number of rotatable bonds is 4. The van der Waals surface area contributed by atoms with Crippen LogP contribution in [0.5, 0.6) is 0 Å². The first-order valence-corrected chi connectivity index (χ1v) is 8.22. The Bertz CT molecular complexity index is 863. The van der Waals surface area contributed by atoms with Gasteiger partial charge in [-0.3, -0.25) is 9.59 Å². The standard InChI is InChI=1S/C18H15ClF2N2O3/c19-13-6-7-14(20)12(15(13)21)10-22-16(24)18(26)8-9-23(17(18)25)11-4-2-1-3-5-11/h1-7,26H,8-10H2,(H,22,24). The minimum absolute atomic E-state index is 0.132. The molecule has 1 saturated heterocycles. The van der Waals surface area contributed by atoms with Crippen molar-refractivity contribution in [2.75, 3.05) is 11.4 Å². The van der Waals surface area contributed by atoms with Crippen molar-refractivity contribution in [2.24, 2.45) is 0 Å². The monoisotopic (exact) mass is 380 g/mol. The van der Waals surface area contributed by atoms with Gasteiger partial charge in [-0.2, -0.15) is 0 Å². The third-order valence-corrected chi connectivity index (χ3v) is 4.60. The summed E-state index contributed by atoms with van der Waals surface area (Å²) in [5.74, 6) is -3.68. The van der Waals surface area contributed by atoms with Crippen molar-refractivity contribution < 1.29 is 23.5 Å². The Morgan fingerprint density at radius 1 is 1.23 bits per heavy atom. The molecule has 5 nitrogen and oxygen atoms in total. The molecule has 1 heterocycles. The SMILES string of the molecule is O=C(NCc1c(F)ccc(Cl)c1F)C1(O)CCN(c2ccccc2)C1=O. The number of hydrogen-bond acceptors (Lipinski definition) is 3. The fraction of sp³-hybridized carbons (Fsp3) is 0.222. The van der Waals surface area contributed by atoms with Crippen molar-refractivity contribution in [3.8, 4) is 0 Å². The van der Waals surface area contributed by atoms with Crippen molar-refractivity contribution >= 4 is 29.1 Å². The van der Waals surface area contributed by atoms with Gasteiger partial charge in [-0.15, -0.1) is 0 Å². The summed E-state index contributed by atoms with van der Waals surface area (Å²) in [6.45, 7) is -0.398. The quantitative estimate of drug-likeness (QED) is 0.632. The van der Waals surface area contributed by atoms with E-state index in [1.54, 1.807) is 30.3 Å². The fourth-order valence-electron chi connectivity index (χ4n) is 2.82. The van der Waals surface area contributed by atoms with Crippen LogP contribution in [-0.4, -0.2) is 29.1 Å². The van der Waals surface area contributed by atoms with Gasteiger partial charge in [-0.05, 0) is 24.3 Å². The molecular weight excluding hydrogens is 366 g/mol. The predicted molar refractivity (Wildman–Crippen MR) is 91.6 cm³/mol. The molecule has 0 bridgehead atoms. The van der Waals surface area contributed by atoms with E-state index in [0.717, 1.165) is 12.1 Å². The lowest BCUT2D eigenvalue weighted by Gasteiger charge is -2.22. The molecule has 1 aliphatic rings. The lowest BCUT2D eigenvalue weighted by Crippen LogP contribution is -2.52. The molecule has 2 N–H and O–H groups in total. The summed E-state index contributed by atoms with van der Waals surface area (Å²) in [7, 11) is 0. The van der Waals surface area contributed by atoms with Crippen LogP contribution in [0, 0.1) is 11.6 Å². The number of para-hydroxylation sites is 1. The molecule has 2 aromatic rings. The van der Waals surface area contributed by atoms with E-state index in [-0.39, 0.29) is 18.0 Å². The lowest BCUT2D eigenvalue weighted by molar-refractivity contribution is -0.149. The Kier molecular flexibility index (Phi) is 4.93. The molecule has 3 rings (SSSR count). The fourth-order valence-corrected chi connectivity index (χ4v) is 2.99. The maximum absolute atomic E-state index is 13.9. The Hall–Kier alpha value is -2.51. The van der Waals surface area contributed by atoms with E-state index >= 15 is 0 Å². The normalized spacial score (nSPS) is 19.7. The molecule has 2 amide bonds. The zero-order valence-electron chi connectivity index (χ0n) is 13.5. The third-order valence-electron chi connectivity index (χ3n) is 4.30. The van der Waals surface area contributed by atoms with Crippen LogP contribution >= 0.6 is 11.6 Å². The van der Waals surface area contributed by atoms with E-state index in [1.807, 2.05) is 0 Å². The van der Waals surface area contributed by atoms with E-state index in [9.17, 15) is 23.5 Å². The summed E-state index contributed by atoms with van der Waals surface area (Å²) >= 11 is 5.60. The van der Waals surface area contributed by atoms with Gasteiger partial charge in [-0.25, -0.2) is 8.78 Å². The number of carbonyl (C=O) groups is 2. The van der Waals surface area contributed by atoms with Gasteiger partial charge in [0.25, 0.3) is 11.8 Å². The molecule has 0 radical (unpaired) electrons. The second-order valence-corrected chi connectivity index (χ2v) is 6.31.